The van der Waals surface area contributed by atoms with Crippen molar-refractivity contribution in [3.05, 3.63) is 34.6 Å². The molecular formula is C12H15N3OS. The molecule has 17 heavy (non-hydrogen) atoms. The van der Waals surface area contributed by atoms with Crippen LogP contribution in [0.1, 0.15) is 20.8 Å². The Balaban J connectivity index is 2.72. The number of hydrogen-bond donors (Lipinski definition) is 1. The number of nitrogens with zero attached hydrogens (tertiary/aromatic N) is 2. The van der Waals surface area contributed by atoms with E-state index in [0.29, 0.717) is 5.39 Å². The molecule has 0 radical (unpaired) electrons. The van der Waals surface area contributed by atoms with Gasteiger partial charge in [0.15, 0.2) is 0 Å². The van der Waals surface area contributed by atoms with E-state index in [1.165, 1.54) is 0 Å². The van der Waals surface area contributed by atoms with E-state index >= 15 is 0 Å². The molecule has 0 amide bonds. The van der Waals surface area contributed by atoms with Gasteiger partial charge in [-0.3, -0.25) is 4.79 Å². The van der Waals surface area contributed by atoms with E-state index in [1.54, 1.807) is 17.8 Å². The van der Waals surface area contributed by atoms with Crippen LogP contribution in [0, 0.1) is 0 Å². The van der Waals surface area contributed by atoms with Crippen molar-refractivity contribution in [2.24, 2.45) is 0 Å². The van der Waals surface area contributed by atoms with E-state index in [-0.39, 0.29) is 10.3 Å². The molecule has 5 heteroatoms. The molecule has 1 heterocycles. The Hall–Kier alpha value is -1.49. The van der Waals surface area contributed by atoms with Crippen molar-refractivity contribution in [2.45, 2.75) is 30.5 Å². The van der Waals surface area contributed by atoms with Crippen LogP contribution in [0.4, 0.5) is 0 Å². The summed E-state index contributed by atoms with van der Waals surface area (Å²) in [5, 5.41) is 6.39. The van der Waals surface area contributed by atoms with Crippen LogP contribution in [0.3, 0.4) is 0 Å². The highest BCUT2D eigenvalue weighted by Gasteiger charge is 2.17. The zero-order valence-corrected chi connectivity index (χ0v) is 10.9. The van der Waals surface area contributed by atoms with Crippen LogP contribution in [0.15, 0.2) is 34.1 Å². The second-order valence-corrected chi connectivity index (χ2v) is 6.63. The van der Waals surface area contributed by atoms with Crippen LogP contribution in [0.5, 0.6) is 0 Å². The molecule has 4 nitrogen and oxygen atoms in total. The fourth-order valence-corrected chi connectivity index (χ4v) is 2.54. The zero-order valence-electron chi connectivity index (χ0n) is 10.1. The SMILES string of the molecule is CC(C)(C)Sc1nn(N)c(=O)c2ccccc12. The maximum Gasteiger partial charge on any atom is 0.293 e. The first-order chi connectivity index (χ1) is 7.88. The molecule has 2 N–H and O–H groups in total. The average molecular weight is 249 g/mol. The fourth-order valence-electron chi connectivity index (χ4n) is 1.54. The van der Waals surface area contributed by atoms with Gasteiger partial charge in [-0.05, 0) is 6.07 Å². The van der Waals surface area contributed by atoms with Crippen molar-refractivity contribution in [3.8, 4) is 0 Å². The van der Waals surface area contributed by atoms with Gasteiger partial charge in [0.25, 0.3) is 5.56 Å². The Morgan fingerprint density at radius 2 is 1.82 bits per heavy atom. The summed E-state index contributed by atoms with van der Waals surface area (Å²) < 4.78 is 0.0210. The number of nitrogens with two attached hydrogens (primary N) is 1. The smallest absolute Gasteiger partial charge is 0.293 e. The lowest BCUT2D eigenvalue weighted by atomic mass is 10.2. The van der Waals surface area contributed by atoms with E-state index in [1.807, 2.05) is 18.2 Å². The minimum atomic E-state index is -0.265. The van der Waals surface area contributed by atoms with Gasteiger partial charge in [-0.25, -0.2) is 0 Å². The average Bonchev–Trinajstić information content (AvgIpc) is 2.24. The molecule has 0 aliphatic rings. The summed E-state index contributed by atoms with van der Waals surface area (Å²) >= 11 is 1.60. The molecular weight excluding hydrogens is 234 g/mol. The summed E-state index contributed by atoms with van der Waals surface area (Å²) in [5.41, 5.74) is -0.265. The molecule has 0 atom stereocenters. The summed E-state index contributed by atoms with van der Waals surface area (Å²) in [5.74, 6) is 5.59. The minimum absolute atomic E-state index is 0.0210. The topological polar surface area (TPSA) is 60.9 Å². The maximum atomic E-state index is 11.8. The van der Waals surface area contributed by atoms with Gasteiger partial charge in [-0.1, -0.05) is 50.7 Å². The Labute approximate surface area is 104 Å². The van der Waals surface area contributed by atoms with E-state index in [4.69, 9.17) is 5.84 Å². The summed E-state index contributed by atoms with van der Waals surface area (Å²) in [6.45, 7) is 6.29. The maximum absolute atomic E-state index is 11.8. The molecule has 0 saturated heterocycles. The van der Waals surface area contributed by atoms with Gasteiger partial charge < -0.3 is 5.84 Å². The van der Waals surface area contributed by atoms with Crippen LogP contribution in [-0.4, -0.2) is 14.6 Å². The number of benzene rings is 1. The number of fused-ring (bicyclic) bond motifs is 1. The Morgan fingerprint density at radius 3 is 2.41 bits per heavy atom. The first kappa shape index (κ1) is 12.0. The lowest BCUT2D eigenvalue weighted by molar-refractivity contribution is 0.724. The number of hydrogen-bond acceptors (Lipinski definition) is 4. The normalized spacial score (nSPS) is 11.9. The predicted octanol–water partition coefficient (Wildman–Crippen LogP) is 2.00. The highest BCUT2D eigenvalue weighted by Crippen LogP contribution is 2.33. The molecule has 0 aliphatic carbocycles. The predicted molar refractivity (Wildman–Crippen MR) is 71.8 cm³/mol. The third kappa shape index (κ3) is 2.44. The van der Waals surface area contributed by atoms with Crippen molar-refractivity contribution >= 4 is 22.5 Å². The van der Waals surface area contributed by atoms with Crippen molar-refractivity contribution in [1.29, 1.82) is 0 Å². The largest absolute Gasteiger partial charge is 0.320 e. The van der Waals surface area contributed by atoms with Crippen LogP contribution in [0.25, 0.3) is 10.8 Å². The van der Waals surface area contributed by atoms with E-state index in [2.05, 4.69) is 25.9 Å². The molecule has 1 aromatic carbocycles. The van der Waals surface area contributed by atoms with Crippen LogP contribution < -0.4 is 11.4 Å². The second-order valence-electron chi connectivity index (χ2n) is 4.81. The molecule has 0 bridgehead atoms. The van der Waals surface area contributed by atoms with Crippen molar-refractivity contribution < 1.29 is 0 Å². The second kappa shape index (κ2) is 4.07. The van der Waals surface area contributed by atoms with Crippen LogP contribution in [0.2, 0.25) is 0 Å². The monoisotopic (exact) mass is 249 g/mol. The summed E-state index contributed by atoms with van der Waals surface area (Å²) in [4.78, 5) is 12.7. The molecule has 1 aromatic heterocycles. The lowest BCUT2D eigenvalue weighted by Crippen LogP contribution is -2.30. The number of rotatable bonds is 1. The molecule has 2 rings (SSSR count). The first-order valence-corrected chi connectivity index (χ1v) is 6.16. The fraction of sp³-hybridized carbons (Fsp3) is 0.333. The van der Waals surface area contributed by atoms with Crippen LogP contribution in [-0.2, 0) is 0 Å². The zero-order chi connectivity index (χ0) is 12.6. The molecule has 0 aliphatic heterocycles. The number of aromatic nitrogens is 2. The molecule has 0 unspecified atom stereocenters. The molecule has 90 valence electrons. The van der Waals surface area contributed by atoms with E-state index in [0.717, 1.165) is 15.2 Å². The van der Waals surface area contributed by atoms with E-state index < -0.39 is 0 Å². The van der Waals surface area contributed by atoms with Crippen molar-refractivity contribution in [2.75, 3.05) is 5.84 Å². The van der Waals surface area contributed by atoms with Gasteiger partial charge in [-0.2, -0.15) is 0 Å². The van der Waals surface area contributed by atoms with Gasteiger partial charge in [0.1, 0.15) is 5.03 Å². The summed E-state index contributed by atoms with van der Waals surface area (Å²) in [6, 6.07) is 7.40. The highest BCUT2D eigenvalue weighted by atomic mass is 32.2. The molecule has 0 spiro atoms. The molecule has 0 saturated carbocycles. The van der Waals surface area contributed by atoms with Crippen LogP contribution >= 0.6 is 11.8 Å². The van der Waals surface area contributed by atoms with Gasteiger partial charge in [0.2, 0.25) is 0 Å². The number of thioether (sulfide) groups is 1. The van der Waals surface area contributed by atoms with Crippen molar-refractivity contribution in [1.82, 2.24) is 9.89 Å². The van der Waals surface area contributed by atoms with Gasteiger partial charge >= 0.3 is 0 Å². The Bertz CT molecular complexity index is 613. The first-order valence-electron chi connectivity index (χ1n) is 5.35. The van der Waals surface area contributed by atoms with E-state index in [9.17, 15) is 4.79 Å². The van der Waals surface area contributed by atoms with Gasteiger partial charge in [0, 0.05) is 10.1 Å². The minimum Gasteiger partial charge on any atom is -0.320 e. The lowest BCUT2D eigenvalue weighted by Gasteiger charge is -2.18. The third-order valence-electron chi connectivity index (χ3n) is 2.20. The standard InChI is InChI=1S/C12H15N3OS/c1-12(2,3)17-10-8-6-4-5-7-9(8)11(16)15(13)14-10/h4-7H,13H2,1-3H3. The molecule has 2 aromatic rings. The highest BCUT2D eigenvalue weighted by molar-refractivity contribution is 8.00. The third-order valence-corrected chi connectivity index (χ3v) is 3.30. The van der Waals surface area contributed by atoms with Crippen molar-refractivity contribution in [3.63, 3.8) is 0 Å². The van der Waals surface area contributed by atoms with Gasteiger partial charge in [0.05, 0.1) is 5.39 Å². The Kier molecular flexibility index (Phi) is 2.87. The summed E-state index contributed by atoms with van der Waals surface area (Å²) in [7, 11) is 0. The van der Waals surface area contributed by atoms with Gasteiger partial charge in [-0.15, -0.1) is 9.89 Å². The Morgan fingerprint density at radius 1 is 1.24 bits per heavy atom. The number of nitrogen functional groups attached to an aromatic ring is 1. The quantitative estimate of drug-likeness (QED) is 0.620. The summed E-state index contributed by atoms with van der Waals surface area (Å²) in [6.07, 6.45) is 0. The molecule has 0 fully saturated rings.